The third-order valence-corrected chi connectivity index (χ3v) is 5.49. The van der Waals surface area contributed by atoms with Gasteiger partial charge in [-0.25, -0.2) is 4.79 Å². The number of ether oxygens (including phenoxy) is 3. The summed E-state index contributed by atoms with van der Waals surface area (Å²) < 4.78 is 15.8. The Morgan fingerprint density at radius 1 is 1.00 bits per heavy atom. The third kappa shape index (κ3) is 3.16. The molecule has 30 heavy (non-hydrogen) atoms. The van der Waals surface area contributed by atoms with Crippen LogP contribution in [0.1, 0.15) is 29.0 Å². The number of amides is 1. The number of phenols is 1. The Kier molecular flexibility index (Phi) is 4.89. The molecule has 156 valence electrons. The van der Waals surface area contributed by atoms with E-state index in [1.807, 2.05) is 32.0 Å². The van der Waals surface area contributed by atoms with E-state index in [0.717, 1.165) is 16.8 Å². The van der Waals surface area contributed by atoms with Crippen molar-refractivity contribution in [3.8, 4) is 17.2 Å². The van der Waals surface area contributed by atoms with E-state index >= 15 is 0 Å². The van der Waals surface area contributed by atoms with Gasteiger partial charge in [0.25, 0.3) is 0 Å². The quantitative estimate of drug-likeness (QED) is 0.780. The van der Waals surface area contributed by atoms with E-state index in [4.69, 9.17) is 14.2 Å². The Labute approximate surface area is 174 Å². The lowest BCUT2D eigenvalue weighted by Gasteiger charge is -2.32. The Bertz CT molecular complexity index is 1040. The molecule has 0 radical (unpaired) electrons. The molecule has 0 bridgehead atoms. The Morgan fingerprint density at radius 2 is 1.60 bits per heavy atom. The molecule has 1 atom stereocenters. The average Bonchev–Trinajstić information content (AvgIpc) is 3.08. The van der Waals surface area contributed by atoms with E-state index in [-0.39, 0.29) is 36.2 Å². The van der Waals surface area contributed by atoms with Crippen LogP contribution in [0.3, 0.4) is 0 Å². The van der Waals surface area contributed by atoms with Crippen molar-refractivity contribution in [3.63, 3.8) is 0 Å². The molecule has 4 rings (SSSR count). The van der Waals surface area contributed by atoms with Gasteiger partial charge in [0.2, 0.25) is 11.7 Å². The van der Waals surface area contributed by atoms with E-state index in [0.29, 0.717) is 16.8 Å². The van der Waals surface area contributed by atoms with Crippen LogP contribution in [0.15, 0.2) is 41.6 Å². The predicted molar refractivity (Wildman–Crippen MR) is 110 cm³/mol. The fraction of sp³-hybridized carbons (Fsp3) is 0.304. The number of phenolic OH excluding ortho intramolecular Hbond substituents is 1. The SMILES string of the molecule is COc1cc([C@@H]2CC(=O)N(c3cc(C)cc(C)c3)C3=C2C(=O)OC3)cc(OC)c1O. The number of rotatable bonds is 4. The van der Waals surface area contributed by atoms with Crippen molar-refractivity contribution in [2.75, 3.05) is 25.7 Å². The van der Waals surface area contributed by atoms with Crippen molar-refractivity contribution < 1.29 is 28.9 Å². The van der Waals surface area contributed by atoms with Crippen LogP contribution in [0.4, 0.5) is 5.69 Å². The summed E-state index contributed by atoms with van der Waals surface area (Å²) in [5, 5.41) is 10.2. The van der Waals surface area contributed by atoms with Crippen LogP contribution >= 0.6 is 0 Å². The molecule has 0 unspecified atom stereocenters. The second kappa shape index (κ2) is 7.40. The van der Waals surface area contributed by atoms with Crippen LogP contribution in [-0.4, -0.2) is 37.8 Å². The first-order valence-corrected chi connectivity index (χ1v) is 9.60. The number of carbonyl (C=O) groups excluding carboxylic acids is 2. The standard InChI is InChI=1S/C23H23NO6/c1-12-5-13(2)7-15(6-12)24-17-11-30-23(27)21(17)16(10-20(24)25)14-8-18(28-3)22(26)19(9-14)29-4/h5-9,16,26H,10-11H2,1-4H3/t16-/m0/s1. The first-order valence-electron chi connectivity index (χ1n) is 9.60. The fourth-order valence-electron chi connectivity index (χ4n) is 4.23. The number of carbonyl (C=O) groups is 2. The van der Waals surface area contributed by atoms with E-state index in [2.05, 4.69) is 0 Å². The van der Waals surface area contributed by atoms with Gasteiger partial charge in [-0.2, -0.15) is 0 Å². The molecule has 1 amide bonds. The summed E-state index contributed by atoms with van der Waals surface area (Å²) in [5.74, 6) is -0.806. The van der Waals surface area contributed by atoms with E-state index in [9.17, 15) is 14.7 Å². The van der Waals surface area contributed by atoms with Crippen LogP contribution < -0.4 is 14.4 Å². The molecule has 7 heteroatoms. The maximum absolute atomic E-state index is 13.2. The number of cyclic esters (lactones) is 1. The topological polar surface area (TPSA) is 85.3 Å². The molecule has 7 nitrogen and oxygen atoms in total. The minimum absolute atomic E-state index is 0.0375. The zero-order chi connectivity index (χ0) is 21.6. The van der Waals surface area contributed by atoms with Gasteiger partial charge in [-0.05, 0) is 54.8 Å². The highest BCUT2D eigenvalue weighted by Crippen LogP contribution is 2.46. The number of nitrogens with zero attached hydrogens (tertiary/aromatic N) is 1. The number of hydrogen-bond acceptors (Lipinski definition) is 6. The summed E-state index contributed by atoms with van der Waals surface area (Å²) in [6.45, 7) is 3.97. The van der Waals surface area contributed by atoms with Gasteiger partial charge in [0.15, 0.2) is 11.5 Å². The number of hydrogen-bond donors (Lipinski definition) is 1. The largest absolute Gasteiger partial charge is 0.502 e. The van der Waals surface area contributed by atoms with Gasteiger partial charge in [0.1, 0.15) is 6.61 Å². The normalized spacial score (nSPS) is 18.4. The smallest absolute Gasteiger partial charge is 0.336 e. The molecule has 0 fully saturated rings. The van der Waals surface area contributed by atoms with Gasteiger partial charge in [-0.3, -0.25) is 9.69 Å². The molecular formula is C23H23NO6. The molecule has 0 saturated carbocycles. The summed E-state index contributed by atoms with van der Waals surface area (Å²) in [6, 6.07) is 9.12. The molecule has 0 aromatic heterocycles. The number of esters is 1. The van der Waals surface area contributed by atoms with E-state index in [1.54, 1.807) is 17.0 Å². The van der Waals surface area contributed by atoms with Crippen LogP contribution in [0, 0.1) is 13.8 Å². The first-order chi connectivity index (χ1) is 14.3. The van der Waals surface area contributed by atoms with Crippen molar-refractivity contribution in [2.45, 2.75) is 26.2 Å². The Hall–Kier alpha value is -3.48. The van der Waals surface area contributed by atoms with Crippen LogP contribution in [0.5, 0.6) is 17.2 Å². The van der Waals surface area contributed by atoms with Gasteiger partial charge in [-0.15, -0.1) is 0 Å². The summed E-state index contributed by atoms with van der Waals surface area (Å²) >= 11 is 0. The molecule has 2 aromatic carbocycles. The van der Waals surface area contributed by atoms with Gasteiger partial charge in [-0.1, -0.05) is 6.07 Å². The predicted octanol–water partition coefficient (Wildman–Crippen LogP) is 3.36. The first kappa shape index (κ1) is 19.8. The second-order valence-electron chi connectivity index (χ2n) is 7.54. The maximum Gasteiger partial charge on any atom is 0.336 e. The minimum Gasteiger partial charge on any atom is -0.502 e. The lowest BCUT2D eigenvalue weighted by atomic mass is 9.83. The lowest BCUT2D eigenvalue weighted by molar-refractivity contribution is -0.136. The van der Waals surface area contributed by atoms with Crippen LogP contribution in [0.2, 0.25) is 0 Å². The minimum atomic E-state index is -0.520. The molecule has 1 N–H and O–H groups in total. The van der Waals surface area contributed by atoms with Gasteiger partial charge in [0.05, 0.1) is 25.5 Å². The molecule has 2 heterocycles. The zero-order valence-corrected chi connectivity index (χ0v) is 17.3. The van der Waals surface area contributed by atoms with Crippen LogP contribution in [-0.2, 0) is 14.3 Å². The van der Waals surface area contributed by atoms with Crippen molar-refractivity contribution in [3.05, 3.63) is 58.3 Å². The summed E-state index contributed by atoms with van der Waals surface area (Å²) in [4.78, 5) is 27.5. The van der Waals surface area contributed by atoms with Crippen molar-refractivity contribution in [1.29, 1.82) is 0 Å². The highest BCUT2D eigenvalue weighted by atomic mass is 16.5. The third-order valence-electron chi connectivity index (χ3n) is 5.49. The average molecular weight is 409 g/mol. The molecule has 2 aliphatic heterocycles. The van der Waals surface area contributed by atoms with Crippen molar-refractivity contribution in [2.24, 2.45) is 0 Å². The number of aryl methyl sites for hydroxylation is 2. The van der Waals surface area contributed by atoms with Gasteiger partial charge in [0, 0.05) is 18.0 Å². The maximum atomic E-state index is 13.2. The zero-order valence-electron chi connectivity index (χ0n) is 17.3. The molecular weight excluding hydrogens is 386 g/mol. The molecule has 0 aliphatic carbocycles. The van der Waals surface area contributed by atoms with Gasteiger partial charge < -0.3 is 19.3 Å². The summed E-state index contributed by atoms with van der Waals surface area (Å²) in [6.07, 6.45) is 0.0814. The number of methoxy groups -OCH3 is 2. The Morgan fingerprint density at radius 3 is 2.17 bits per heavy atom. The number of anilines is 1. The molecule has 0 spiro atoms. The molecule has 2 aliphatic rings. The Balaban J connectivity index is 1.86. The van der Waals surface area contributed by atoms with E-state index in [1.165, 1.54) is 14.2 Å². The van der Waals surface area contributed by atoms with Crippen molar-refractivity contribution >= 4 is 17.6 Å². The highest BCUT2D eigenvalue weighted by Gasteiger charge is 2.43. The summed E-state index contributed by atoms with van der Waals surface area (Å²) in [7, 11) is 2.86. The summed E-state index contributed by atoms with van der Waals surface area (Å²) in [5.41, 5.74) is 4.42. The van der Waals surface area contributed by atoms with Crippen LogP contribution in [0.25, 0.3) is 0 Å². The second-order valence-corrected chi connectivity index (χ2v) is 7.54. The highest BCUT2D eigenvalue weighted by molar-refractivity contribution is 6.06. The lowest BCUT2D eigenvalue weighted by Crippen LogP contribution is -2.37. The van der Waals surface area contributed by atoms with E-state index < -0.39 is 11.9 Å². The number of aromatic hydroxyl groups is 1. The number of benzene rings is 2. The molecule has 2 aromatic rings. The monoisotopic (exact) mass is 409 g/mol. The van der Waals surface area contributed by atoms with Crippen molar-refractivity contribution in [1.82, 2.24) is 0 Å². The van der Waals surface area contributed by atoms with Gasteiger partial charge >= 0.3 is 5.97 Å². The fourth-order valence-corrected chi connectivity index (χ4v) is 4.23. The molecule has 0 saturated heterocycles.